The molecule has 1 aliphatic rings. The molecule has 2 rings (SSSR count). The van der Waals surface area contributed by atoms with Gasteiger partial charge in [-0.3, -0.25) is 4.79 Å². The van der Waals surface area contributed by atoms with E-state index in [2.05, 4.69) is 23.6 Å². The summed E-state index contributed by atoms with van der Waals surface area (Å²) in [6, 6.07) is 1.59. The fraction of sp³-hybridized carbons (Fsp3) is 0.429. The summed E-state index contributed by atoms with van der Waals surface area (Å²) in [5.74, 6) is -1.35. The third-order valence-electron chi connectivity index (χ3n) is 3.36. The highest BCUT2D eigenvalue weighted by Gasteiger charge is 2.25. The van der Waals surface area contributed by atoms with Gasteiger partial charge in [0.25, 0.3) is 0 Å². The van der Waals surface area contributed by atoms with E-state index in [1.54, 1.807) is 23.5 Å². The van der Waals surface area contributed by atoms with Gasteiger partial charge in [-0.1, -0.05) is 12.2 Å². The number of nitrogens with one attached hydrogen (secondary N) is 2. The Morgan fingerprint density at radius 2 is 2.15 bits per heavy atom. The maximum Gasteiger partial charge on any atom is 0.315 e. The van der Waals surface area contributed by atoms with Gasteiger partial charge >= 0.3 is 12.0 Å². The van der Waals surface area contributed by atoms with Crippen molar-refractivity contribution in [2.75, 3.05) is 0 Å². The summed E-state index contributed by atoms with van der Waals surface area (Å²) < 4.78 is 0. The van der Waals surface area contributed by atoms with Crippen LogP contribution in [0.1, 0.15) is 21.7 Å². The highest BCUT2D eigenvalue weighted by Crippen LogP contribution is 2.20. The maximum atomic E-state index is 11.7. The first-order valence-corrected chi connectivity index (χ1v) is 7.28. The van der Waals surface area contributed by atoms with E-state index in [4.69, 9.17) is 5.11 Å². The molecule has 108 valence electrons. The van der Waals surface area contributed by atoms with Gasteiger partial charge in [-0.15, -0.1) is 11.3 Å². The smallest absolute Gasteiger partial charge is 0.315 e. The summed E-state index contributed by atoms with van der Waals surface area (Å²) >= 11 is 1.67. The number of urea groups is 1. The number of carboxylic acids is 1. The largest absolute Gasteiger partial charge is 0.481 e. The Morgan fingerprint density at radius 3 is 2.70 bits per heavy atom. The Hall–Kier alpha value is -1.82. The van der Waals surface area contributed by atoms with Crippen molar-refractivity contribution in [2.45, 2.75) is 32.9 Å². The number of hydrogen-bond donors (Lipinski definition) is 3. The van der Waals surface area contributed by atoms with Crippen LogP contribution in [0.2, 0.25) is 0 Å². The molecule has 0 aliphatic heterocycles. The van der Waals surface area contributed by atoms with E-state index < -0.39 is 11.9 Å². The Morgan fingerprint density at radius 1 is 1.40 bits per heavy atom. The minimum Gasteiger partial charge on any atom is -0.481 e. The lowest BCUT2D eigenvalue weighted by Crippen LogP contribution is -2.40. The summed E-state index contributed by atoms with van der Waals surface area (Å²) in [5, 5.41) is 14.4. The Labute approximate surface area is 121 Å². The number of thiophene rings is 1. The van der Waals surface area contributed by atoms with Crippen LogP contribution in [0.15, 0.2) is 18.2 Å². The first-order chi connectivity index (χ1) is 9.45. The number of rotatable bonds is 4. The van der Waals surface area contributed by atoms with Gasteiger partial charge in [0.15, 0.2) is 0 Å². The molecule has 0 bridgehead atoms. The number of hydrogen-bond acceptors (Lipinski definition) is 3. The molecule has 0 fully saturated rings. The normalized spacial score (nSPS) is 20.9. The number of amides is 2. The third-order valence-corrected chi connectivity index (χ3v) is 4.51. The summed E-state index contributed by atoms with van der Waals surface area (Å²) in [4.78, 5) is 24.9. The van der Waals surface area contributed by atoms with Gasteiger partial charge in [0, 0.05) is 9.75 Å². The van der Waals surface area contributed by atoms with Crippen LogP contribution in [0.5, 0.6) is 0 Å². The molecule has 0 aromatic carbocycles. The van der Waals surface area contributed by atoms with E-state index in [-0.39, 0.29) is 12.1 Å². The third kappa shape index (κ3) is 3.60. The second-order valence-corrected chi connectivity index (χ2v) is 6.29. The van der Waals surface area contributed by atoms with Gasteiger partial charge in [-0.05, 0) is 31.9 Å². The predicted octanol–water partition coefficient (Wildman–Crippen LogP) is 2.19. The summed E-state index contributed by atoms with van der Waals surface area (Å²) in [6.45, 7) is 4.59. The molecule has 1 heterocycles. The molecule has 1 aliphatic carbocycles. The molecule has 6 heteroatoms. The van der Waals surface area contributed by atoms with Crippen LogP contribution in [-0.4, -0.2) is 23.1 Å². The van der Waals surface area contributed by atoms with Gasteiger partial charge in [0.1, 0.15) is 0 Å². The Bertz CT molecular complexity index is 531. The van der Waals surface area contributed by atoms with Crippen molar-refractivity contribution in [1.29, 1.82) is 0 Å². The number of aryl methyl sites for hydroxylation is 2. The van der Waals surface area contributed by atoms with Crippen LogP contribution in [0, 0.1) is 19.8 Å². The molecule has 2 unspecified atom stereocenters. The van der Waals surface area contributed by atoms with Gasteiger partial charge in [-0.25, -0.2) is 4.79 Å². The molecular formula is C14H18N2O3S. The Kier molecular flexibility index (Phi) is 4.44. The fourth-order valence-corrected chi connectivity index (χ4v) is 3.11. The number of aliphatic carboxylic acids is 1. The van der Waals surface area contributed by atoms with Crippen molar-refractivity contribution >= 4 is 23.3 Å². The highest BCUT2D eigenvalue weighted by atomic mass is 32.1. The standard InChI is InChI=1S/C14H18N2O3S/c1-8-5-12(20-9(8)2)7-15-14(19)16-11-4-3-10(6-11)13(17)18/h3-5,10-11H,6-7H2,1-2H3,(H,17,18)(H2,15,16,19). The van der Waals surface area contributed by atoms with Crippen molar-refractivity contribution in [3.63, 3.8) is 0 Å². The zero-order valence-electron chi connectivity index (χ0n) is 11.5. The van der Waals surface area contributed by atoms with Crippen molar-refractivity contribution in [1.82, 2.24) is 10.6 Å². The average molecular weight is 294 g/mol. The lowest BCUT2D eigenvalue weighted by atomic mass is 10.1. The lowest BCUT2D eigenvalue weighted by molar-refractivity contribution is -0.140. The minimum atomic E-state index is -0.851. The van der Waals surface area contributed by atoms with Crippen LogP contribution < -0.4 is 10.6 Å². The molecule has 0 radical (unpaired) electrons. The van der Waals surface area contributed by atoms with E-state index >= 15 is 0 Å². The van der Waals surface area contributed by atoms with Crippen LogP contribution in [0.4, 0.5) is 4.79 Å². The van der Waals surface area contributed by atoms with E-state index in [0.717, 1.165) is 4.88 Å². The quantitative estimate of drug-likeness (QED) is 0.745. The van der Waals surface area contributed by atoms with E-state index in [0.29, 0.717) is 13.0 Å². The SMILES string of the molecule is Cc1cc(CNC(=O)NC2C=CC(C(=O)O)C2)sc1C. The summed E-state index contributed by atoms with van der Waals surface area (Å²) in [7, 11) is 0. The van der Waals surface area contributed by atoms with Crippen LogP contribution in [0.25, 0.3) is 0 Å². The number of carbonyl (C=O) groups is 2. The minimum absolute atomic E-state index is 0.206. The second kappa shape index (κ2) is 6.09. The van der Waals surface area contributed by atoms with Gasteiger partial charge in [0.2, 0.25) is 0 Å². The van der Waals surface area contributed by atoms with Crippen LogP contribution >= 0.6 is 11.3 Å². The first-order valence-electron chi connectivity index (χ1n) is 6.47. The molecule has 1 aromatic heterocycles. The van der Waals surface area contributed by atoms with Crippen molar-refractivity contribution in [3.05, 3.63) is 33.5 Å². The van der Waals surface area contributed by atoms with Crippen molar-refractivity contribution < 1.29 is 14.7 Å². The maximum absolute atomic E-state index is 11.7. The molecule has 20 heavy (non-hydrogen) atoms. The van der Waals surface area contributed by atoms with Gasteiger partial charge < -0.3 is 15.7 Å². The number of carbonyl (C=O) groups excluding carboxylic acids is 1. The molecule has 0 saturated heterocycles. The molecule has 3 N–H and O–H groups in total. The van der Waals surface area contributed by atoms with Crippen molar-refractivity contribution in [3.8, 4) is 0 Å². The van der Waals surface area contributed by atoms with Crippen LogP contribution in [-0.2, 0) is 11.3 Å². The first kappa shape index (κ1) is 14.6. The number of carboxylic acid groups (broad SMARTS) is 1. The molecule has 0 spiro atoms. The molecule has 2 amide bonds. The van der Waals surface area contributed by atoms with Gasteiger partial charge in [-0.2, -0.15) is 0 Å². The van der Waals surface area contributed by atoms with E-state index in [9.17, 15) is 9.59 Å². The lowest BCUT2D eigenvalue weighted by Gasteiger charge is -2.12. The van der Waals surface area contributed by atoms with Gasteiger partial charge in [0.05, 0.1) is 18.5 Å². The summed E-state index contributed by atoms with van der Waals surface area (Å²) in [6.07, 6.45) is 3.77. The molecule has 1 aromatic rings. The highest BCUT2D eigenvalue weighted by molar-refractivity contribution is 7.12. The molecule has 2 atom stereocenters. The molecule has 0 saturated carbocycles. The molecule has 5 nitrogen and oxygen atoms in total. The Balaban J connectivity index is 1.76. The average Bonchev–Trinajstić information content (AvgIpc) is 2.95. The zero-order chi connectivity index (χ0) is 14.7. The zero-order valence-corrected chi connectivity index (χ0v) is 12.3. The monoisotopic (exact) mass is 294 g/mol. The topological polar surface area (TPSA) is 78.4 Å². The van der Waals surface area contributed by atoms with Crippen molar-refractivity contribution in [2.24, 2.45) is 5.92 Å². The second-order valence-electron chi connectivity index (χ2n) is 4.95. The van der Waals surface area contributed by atoms with E-state index in [1.165, 1.54) is 10.4 Å². The fourth-order valence-electron chi connectivity index (χ4n) is 2.11. The van der Waals surface area contributed by atoms with Crippen LogP contribution in [0.3, 0.4) is 0 Å². The van der Waals surface area contributed by atoms with E-state index in [1.807, 2.05) is 6.92 Å². The molecular weight excluding hydrogens is 276 g/mol. The summed E-state index contributed by atoms with van der Waals surface area (Å²) in [5.41, 5.74) is 1.23. The predicted molar refractivity (Wildman–Crippen MR) is 77.8 cm³/mol.